The number of benzene rings is 2. The van der Waals surface area contributed by atoms with Gasteiger partial charge in [0.05, 0.1) is 23.3 Å². The van der Waals surface area contributed by atoms with Gasteiger partial charge in [0.15, 0.2) is 0 Å². The van der Waals surface area contributed by atoms with Crippen LogP contribution in [0.5, 0.6) is 0 Å². The monoisotopic (exact) mass is 325 g/mol. The van der Waals surface area contributed by atoms with Crippen molar-refractivity contribution in [3.8, 4) is 0 Å². The van der Waals surface area contributed by atoms with Crippen molar-refractivity contribution in [1.29, 1.82) is 0 Å². The standard InChI is InChI=1S/C18H19N3OS/c1-12-7-8-16(13(2)9-12)23-11-18(22)19-10-17-20-14-5-3-4-6-15(14)21-17/h3-9H,10-11H2,1-2H3,(H,19,22)(H,20,21). The molecule has 0 atom stereocenters. The van der Waals surface area contributed by atoms with Gasteiger partial charge in [0.2, 0.25) is 5.91 Å². The van der Waals surface area contributed by atoms with E-state index >= 15 is 0 Å². The van der Waals surface area contributed by atoms with E-state index in [9.17, 15) is 4.79 Å². The van der Waals surface area contributed by atoms with E-state index in [0.717, 1.165) is 21.8 Å². The summed E-state index contributed by atoms with van der Waals surface area (Å²) in [6, 6.07) is 14.1. The SMILES string of the molecule is Cc1ccc(SCC(=O)NCc2nc3ccccc3[nH]2)c(C)c1. The third-order valence-corrected chi connectivity index (χ3v) is 4.76. The van der Waals surface area contributed by atoms with Crippen molar-refractivity contribution in [3.05, 3.63) is 59.4 Å². The van der Waals surface area contributed by atoms with E-state index in [-0.39, 0.29) is 5.91 Å². The van der Waals surface area contributed by atoms with Crippen molar-refractivity contribution in [2.75, 3.05) is 5.75 Å². The van der Waals surface area contributed by atoms with Crippen LogP contribution in [0.1, 0.15) is 17.0 Å². The van der Waals surface area contributed by atoms with E-state index in [4.69, 9.17) is 0 Å². The number of aromatic nitrogens is 2. The van der Waals surface area contributed by atoms with Gasteiger partial charge < -0.3 is 10.3 Å². The normalized spacial score (nSPS) is 10.9. The van der Waals surface area contributed by atoms with Gasteiger partial charge in [-0.25, -0.2) is 4.98 Å². The average Bonchev–Trinajstić information content (AvgIpc) is 2.95. The third kappa shape index (κ3) is 3.93. The fourth-order valence-corrected chi connectivity index (χ4v) is 3.27. The minimum Gasteiger partial charge on any atom is -0.348 e. The Balaban J connectivity index is 1.53. The van der Waals surface area contributed by atoms with Crippen LogP contribution in [-0.2, 0) is 11.3 Å². The zero-order chi connectivity index (χ0) is 16.2. The fraction of sp³-hybridized carbons (Fsp3) is 0.222. The molecule has 118 valence electrons. The highest BCUT2D eigenvalue weighted by atomic mass is 32.2. The molecule has 1 aromatic heterocycles. The van der Waals surface area contributed by atoms with Gasteiger partial charge in [-0.1, -0.05) is 29.8 Å². The zero-order valence-corrected chi connectivity index (χ0v) is 14.0. The van der Waals surface area contributed by atoms with E-state index in [2.05, 4.69) is 47.3 Å². The first-order valence-corrected chi connectivity index (χ1v) is 8.51. The molecule has 2 aromatic carbocycles. The number of amides is 1. The molecule has 0 spiro atoms. The Bertz CT molecular complexity index is 808. The quantitative estimate of drug-likeness (QED) is 0.705. The first-order chi connectivity index (χ1) is 11.1. The topological polar surface area (TPSA) is 57.8 Å². The highest BCUT2D eigenvalue weighted by molar-refractivity contribution is 8.00. The average molecular weight is 325 g/mol. The van der Waals surface area contributed by atoms with Gasteiger partial charge in [0, 0.05) is 4.90 Å². The van der Waals surface area contributed by atoms with E-state index in [1.807, 2.05) is 24.3 Å². The van der Waals surface area contributed by atoms with Gasteiger partial charge in [-0.2, -0.15) is 0 Å². The summed E-state index contributed by atoms with van der Waals surface area (Å²) in [6.07, 6.45) is 0. The van der Waals surface area contributed by atoms with Crippen LogP contribution < -0.4 is 5.32 Å². The van der Waals surface area contributed by atoms with Crippen molar-refractivity contribution in [2.24, 2.45) is 0 Å². The summed E-state index contributed by atoms with van der Waals surface area (Å²) in [5.74, 6) is 1.19. The van der Waals surface area contributed by atoms with Gasteiger partial charge in [-0.3, -0.25) is 4.79 Å². The lowest BCUT2D eigenvalue weighted by molar-refractivity contribution is -0.118. The molecule has 5 heteroatoms. The Morgan fingerprint density at radius 2 is 2.04 bits per heavy atom. The number of imidazole rings is 1. The second kappa shape index (κ2) is 6.87. The summed E-state index contributed by atoms with van der Waals surface area (Å²) < 4.78 is 0. The van der Waals surface area contributed by atoms with E-state index in [1.165, 1.54) is 11.1 Å². The molecule has 3 aromatic rings. The Morgan fingerprint density at radius 3 is 2.83 bits per heavy atom. The molecule has 1 heterocycles. The number of thioether (sulfide) groups is 1. The lowest BCUT2D eigenvalue weighted by Gasteiger charge is -2.07. The molecule has 0 saturated carbocycles. The minimum atomic E-state index is 0.00966. The maximum Gasteiger partial charge on any atom is 0.230 e. The fourth-order valence-electron chi connectivity index (χ4n) is 2.43. The predicted octanol–water partition coefficient (Wildman–Crippen LogP) is 3.59. The largest absolute Gasteiger partial charge is 0.348 e. The molecule has 0 saturated heterocycles. The van der Waals surface area contributed by atoms with E-state index in [1.54, 1.807) is 11.8 Å². The van der Waals surface area contributed by atoms with Crippen molar-refractivity contribution in [3.63, 3.8) is 0 Å². The van der Waals surface area contributed by atoms with Crippen molar-refractivity contribution in [1.82, 2.24) is 15.3 Å². The molecule has 0 bridgehead atoms. The predicted molar refractivity (Wildman–Crippen MR) is 94.6 cm³/mol. The number of hydrogen-bond donors (Lipinski definition) is 2. The van der Waals surface area contributed by atoms with E-state index in [0.29, 0.717) is 12.3 Å². The van der Waals surface area contributed by atoms with Crippen LogP contribution in [0.25, 0.3) is 11.0 Å². The summed E-state index contributed by atoms with van der Waals surface area (Å²) in [5.41, 5.74) is 4.35. The molecule has 3 rings (SSSR count). The number of para-hydroxylation sites is 2. The number of nitrogens with zero attached hydrogens (tertiary/aromatic N) is 1. The highest BCUT2D eigenvalue weighted by Crippen LogP contribution is 2.22. The Kier molecular flexibility index (Phi) is 4.67. The maximum atomic E-state index is 12.0. The first kappa shape index (κ1) is 15.6. The van der Waals surface area contributed by atoms with Gasteiger partial charge in [0.25, 0.3) is 0 Å². The molecule has 0 aliphatic heterocycles. The maximum absolute atomic E-state index is 12.0. The summed E-state index contributed by atoms with van der Waals surface area (Å²) in [5, 5.41) is 2.91. The lowest BCUT2D eigenvalue weighted by atomic mass is 10.2. The number of H-pyrrole nitrogens is 1. The number of hydrogen-bond acceptors (Lipinski definition) is 3. The molecule has 0 radical (unpaired) electrons. The number of carbonyl (C=O) groups excluding carboxylic acids is 1. The van der Waals surface area contributed by atoms with E-state index < -0.39 is 0 Å². The molecule has 0 unspecified atom stereocenters. The first-order valence-electron chi connectivity index (χ1n) is 7.52. The molecule has 4 nitrogen and oxygen atoms in total. The summed E-state index contributed by atoms with van der Waals surface area (Å²) in [4.78, 5) is 20.8. The molecule has 1 amide bonds. The second-order valence-electron chi connectivity index (χ2n) is 5.54. The minimum absolute atomic E-state index is 0.00966. The second-order valence-corrected chi connectivity index (χ2v) is 6.55. The Morgan fingerprint density at radius 1 is 1.22 bits per heavy atom. The molecular weight excluding hydrogens is 306 g/mol. The Hall–Kier alpha value is -2.27. The molecule has 23 heavy (non-hydrogen) atoms. The molecule has 2 N–H and O–H groups in total. The van der Waals surface area contributed by atoms with Crippen LogP contribution in [0.3, 0.4) is 0 Å². The van der Waals surface area contributed by atoms with Crippen LogP contribution in [0.15, 0.2) is 47.4 Å². The molecule has 0 aliphatic rings. The summed E-state index contributed by atoms with van der Waals surface area (Å²) in [6.45, 7) is 4.56. The van der Waals surface area contributed by atoms with Crippen molar-refractivity contribution >= 4 is 28.7 Å². The molecule has 0 aliphatic carbocycles. The zero-order valence-electron chi connectivity index (χ0n) is 13.2. The molecular formula is C18H19N3OS. The van der Waals surface area contributed by atoms with Crippen LogP contribution >= 0.6 is 11.8 Å². The molecule has 0 fully saturated rings. The van der Waals surface area contributed by atoms with Crippen molar-refractivity contribution in [2.45, 2.75) is 25.3 Å². The van der Waals surface area contributed by atoms with Gasteiger partial charge in [-0.05, 0) is 37.6 Å². The van der Waals surface area contributed by atoms with Gasteiger partial charge in [-0.15, -0.1) is 11.8 Å². The highest BCUT2D eigenvalue weighted by Gasteiger charge is 2.07. The van der Waals surface area contributed by atoms with Crippen LogP contribution in [0, 0.1) is 13.8 Å². The van der Waals surface area contributed by atoms with Crippen molar-refractivity contribution < 1.29 is 4.79 Å². The van der Waals surface area contributed by atoms with Crippen LogP contribution in [0.4, 0.5) is 0 Å². The Labute approximate surface area is 139 Å². The number of aryl methyl sites for hydroxylation is 2. The van der Waals surface area contributed by atoms with Gasteiger partial charge in [0.1, 0.15) is 5.82 Å². The lowest BCUT2D eigenvalue weighted by Crippen LogP contribution is -2.25. The third-order valence-electron chi connectivity index (χ3n) is 3.58. The number of carbonyl (C=O) groups is 1. The number of fused-ring (bicyclic) bond motifs is 1. The number of nitrogens with one attached hydrogen (secondary N) is 2. The van der Waals surface area contributed by atoms with Crippen LogP contribution in [0.2, 0.25) is 0 Å². The number of rotatable bonds is 5. The van der Waals surface area contributed by atoms with Gasteiger partial charge >= 0.3 is 0 Å². The van der Waals surface area contributed by atoms with Crippen LogP contribution in [-0.4, -0.2) is 21.6 Å². The summed E-state index contributed by atoms with van der Waals surface area (Å²) in [7, 11) is 0. The smallest absolute Gasteiger partial charge is 0.230 e. The number of aromatic amines is 1. The summed E-state index contributed by atoms with van der Waals surface area (Å²) >= 11 is 1.56.